The van der Waals surface area contributed by atoms with Gasteiger partial charge in [0, 0.05) is 12.1 Å². The summed E-state index contributed by atoms with van der Waals surface area (Å²) < 4.78 is 26.6. The van der Waals surface area contributed by atoms with Crippen molar-refractivity contribution in [2.75, 3.05) is 0 Å². The van der Waals surface area contributed by atoms with E-state index >= 15 is 0 Å². The molecule has 0 saturated carbocycles. The lowest BCUT2D eigenvalue weighted by atomic mass is 10.1. The van der Waals surface area contributed by atoms with Gasteiger partial charge in [0.1, 0.15) is 4.99 Å². The molecule has 2 aromatic carbocycles. The van der Waals surface area contributed by atoms with Crippen molar-refractivity contribution in [3.05, 3.63) is 71.3 Å². The van der Waals surface area contributed by atoms with Crippen LogP contribution in [0.4, 0.5) is 0 Å². The highest BCUT2D eigenvalue weighted by Crippen LogP contribution is 2.08. The van der Waals surface area contributed by atoms with Gasteiger partial charge >= 0.3 is 0 Å². The van der Waals surface area contributed by atoms with Crippen LogP contribution in [-0.4, -0.2) is 13.4 Å². The number of sulfonamides is 1. The van der Waals surface area contributed by atoms with Crippen molar-refractivity contribution in [3.63, 3.8) is 0 Å². The zero-order valence-corrected chi connectivity index (χ0v) is 13.0. The zero-order chi connectivity index (χ0) is 15.3. The van der Waals surface area contributed by atoms with Crippen molar-refractivity contribution in [1.29, 1.82) is 0 Å². The first-order chi connectivity index (χ1) is 9.96. The van der Waals surface area contributed by atoms with Gasteiger partial charge in [-0.15, -0.1) is 0 Å². The molecule has 2 aromatic rings. The fourth-order valence-electron chi connectivity index (χ4n) is 1.87. The molecule has 0 aliphatic carbocycles. The Balaban J connectivity index is 2.02. The van der Waals surface area contributed by atoms with Crippen LogP contribution in [0.1, 0.15) is 16.7 Å². The normalized spacial score (nSPS) is 11.2. The largest absolute Gasteiger partial charge is 0.389 e. The molecule has 4 nitrogen and oxygen atoms in total. The van der Waals surface area contributed by atoms with Gasteiger partial charge in [-0.2, -0.15) is 0 Å². The van der Waals surface area contributed by atoms with E-state index in [4.69, 9.17) is 18.0 Å². The molecule has 0 saturated heterocycles. The minimum Gasteiger partial charge on any atom is -0.389 e. The molecular weight excluding hydrogens is 304 g/mol. The van der Waals surface area contributed by atoms with Gasteiger partial charge in [0.25, 0.3) is 0 Å². The molecule has 110 valence electrons. The van der Waals surface area contributed by atoms with Crippen LogP contribution in [0.15, 0.2) is 54.6 Å². The number of thiocarbonyl (C=S) groups is 1. The summed E-state index contributed by atoms with van der Waals surface area (Å²) in [5.74, 6) is -0.0389. The van der Waals surface area contributed by atoms with E-state index < -0.39 is 10.0 Å². The van der Waals surface area contributed by atoms with Gasteiger partial charge in [-0.3, -0.25) is 0 Å². The molecule has 0 bridgehead atoms. The maximum absolute atomic E-state index is 12.0. The van der Waals surface area contributed by atoms with Gasteiger partial charge in [-0.25, -0.2) is 13.1 Å². The highest BCUT2D eigenvalue weighted by atomic mass is 32.2. The Morgan fingerprint density at radius 3 is 2.38 bits per heavy atom. The highest BCUT2D eigenvalue weighted by molar-refractivity contribution is 7.88. The Labute approximate surface area is 130 Å². The van der Waals surface area contributed by atoms with Crippen LogP contribution in [0.2, 0.25) is 0 Å². The number of hydrogen-bond donors (Lipinski definition) is 2. The molecule has 0 fully saturated rings. The number of benzene rings is 2. The quantitative estimate of drug-likeness (QED) is 0.798. The van der Waals surface area contributed by atoms with Crippen molar-refractivity contribution < 1.29 is 8.42 Å². The van der Waals surface area contributed by atoms with Crippen molar-refractivity contribution in [2.24, 2.45) is 5.73 Å². The lowest BCUT2D eigenvalue weighted by Gasteiger charge is -2.08. The number of rotatable bonds is 6. The Morgan fingerprint density at radius 2 is 1.71 bits per heavy atom. The van der Waals surface area contributed by atoms with Crippen LogP contribution in [-0.2, 0) is 22.3 Å². The van der Waals surface area contributed by atoms with Crippen molar-refractivity contribution in [2.45, 2.75) is 12.3 Å². The zero-order valence-electron chi connectivity index (χ0n) is 11.3. The van der Waals surface area contributed by atoms with E-state index in [1.807, 2.05) is 24.3 Å². The fourth-order valence-corrected chi connectivity index (χ4v) is 3.12. The van der Waals surface area contributed by atoms with E-state index in [-0.39, 0.29) is 12.3 Å². The van der Waals surface area contributed by atoms with E-state index in [1.54, 1.807) is 30.3 Å². The SMILES string of the molecule is NC(=S)c1cccc(CNS(=O)(=O)Cc2ccccc2)c1. The molecule has 21 heavy (non-hydrogen) atoms. The second-order valence-corrected chi connectivity index (χ2v) is 6.88. The average Bonchev–Trinajstić information content (AvgIpc) is 2.46. The maximum Gasteiger partial charge on any atom is 0.216 e. The topological polar surface area (TPSA) is 72.2 Å². The first kappa shape index (κ1) is 15.6. The molecule has 6 heteroatoms. The van der Waals surface area contributed by atoms with Crippen molar-refractivity contribution in [1.82, 2.24) is 4.72 Å². The van der Waals surface area contributed by atoms with E-state index in [1.165, 1.54) is 0 Å². The van der Waals surface area contributed by atoms with Crippen LogP contribution < -0.4 is 10.5 Å². The molecule has 0 unspecified atom stereocenters. The number of nitrogens with two attached hydrogens (primary N) is 1. The third-order valence-corrected chi connectivity index (χ3v) is 4.44. The standard InChI is InChI=1S/C15H16N2O2S2/c16-15(20)14-8-4-7-13(9-14)10-17-21(18,19)11-12-5-2-1-3-6-12/h1-9,17H,10-11H2,(H2,16,20). The molecule has 0 aliphatic heterocycles. The summed E-state index contributed by atoms with van der Waals surface area (Å²) in [6.07, 6.45) is 0. The summed E-state index contributed by atoms with van der Waals surface area (Å²) in [5, 5.41) is 0. The molecule has 0 radical (unpaired) electrons. The summed E-state index contributed by atoms with van der Waals surface area (Å²) in [6, 6.07) is 16.3. The van der Waals surface area contributed by atoms with Gasteiger partial charge in [0.2, 0.25) is 10.0 Å². The second-order valence-electron chi connectivity index (χ2n) is 4.63. The Kier molecular flexibility index (Phi) is 5.06. The molecule has 0 aromatic heterocycles. The minimum atomic E-state index is -3.38. The first-order valence-electron chi connectivity index (χ1n) is 6.36. The lowest BCUT2D eigenvalue weighted by Crippen LogP contribution is -2.24. The summed E-state index contributed by atoms with van der Waals surface area (Å²) >= 11 is 4.91. The molecule has 0 amide bonds. The highest BCUT2D eigenvalue weighted by Gasteiger charge is 2.11. The number of hydrogen-bond acceptors (Lipinski definition) is 3. The van der Waals surface area contributed by atoms with Crippen LogP contribution in [0.25, 0.3) is 0 Å². The van der Waals surface area contributed by atoms with Crippen molar-refractivity contribution >= 4 is 27.2 Å². The summed E-state index contributed by atoms with van der Waals surface area (Å²) in [4.78, 5) is 0.295. The molecule has 0 spiro atoms. The Hall–Kier alpha value is -1.76. The predicted molar refractivity (Wildman–Crippen MR) is 88.2 cm³/mol. The lowest BCUT2D eigenvalue weighted by molar-refractivity contribution is 0.580. The van der Waals surface area contributed by atoms with Gasteiger partial charge in [-0.1, -0.05) is 60.7 Å². The Bertz CT molecular complexity index is 728. The Morgan fingerprint density at radius 1 is 1.05 bits per heavy atom. The first-order valence-corrected chi connectivity index (χ1v) is 8.42. The van der Waals surface area contributed by atoms with E-state index in [0.29, 0.717) is 4.99 Å². The fraction of sp³-hybridized carbons (Fsp3) is 0.133. The molecule has 0 heterocycles. The number of nitrogens with one attached hydrogen (secondary N) is 1. The summed E-state index contributed by atoms with van der Waals surface area (Å²) in [6.45, 7) is 0.214. The summed E-state index contributed by atoms with van der Waals surface area (Å²) in [5.41, 5.74) is 7.85. The smallest absolute Gasteiger partial charge is 0.216 e. The average molecular weight is 320 g/mol. The van der Waals surface area contributed by atoms with E-state index in [9.17, 15) is 8.42 Å². The van der Waals surface area contributed by atoms with Gasteiger partial charge in [0.05, 0.1) is 5.75 Å². The van der Waals surface area contributed by atoms with Crippen LogP contribution in [0.3, 0.4) is 0 Å². The van der Waals surface area contributed by atoms with Crippen LogP contribution >= 0.6 is 12.2 Å². The van der Waals surface area contributed by atoms with Gasteiger partial charge < -0.3 is 5.73 Å². The molecule has 0 atom stereocenters. The van der Waals surface area contributed by atoms with E-state index in [2.05, 4.69) is 4.72 Å². The monoisotopic (exact) mass is 320 g/mol. The molecule has 2 rings (SSSR count). The van der Waals surface area contributed by atoms with Crippen molar-refractivity contribution in [3.8, 4) is 0 Å². The van der Waals surface area contributed by atoms with Crippen LogP contribution in [0.5, 0.6) is 0 Å². The third-order valence-electron chi connectivity index (χ3n) is 2.91. The van der Waals surface area contributed by atoms with Crippen LogP contribution in [0, 0.1) is 0 Å². The second kappa shape index (κ2) is 6.80. The van der Waals surface area contributed by atoms with Gasteiger partial charge in [0.15, 0.2) is 0 Å². The summed E-state index contributed by atoms with van der Waals surface area (Å²) in [7, 11) is -3.38. The van der Waals surface area contributed by atoms with E-state index in [0.717, 1.165) is 16.7 Å². The van der Waals surface area contributed by atoms with Gasteiger partial charge in [-0.05, 0) is 17.2 Å². The third kappa shape index (κ3) is 4.93. The molecule has 3 N–H and O–H groups in total. The minimum absolute atomic E-state index is 0.0389. The molecular formula is C15H16N2O2S2. The molecule has 0 aliphatic rings. The maximum atomic E-state index is 12.0. The predicted octanol–water partition coefficient (Wildman–Crippen LogP) is 1.94.